The van der Waals surface area contributed by atoms with Gasteiger partial charge in [-0.05, 0) is 47.8 Å². The molecule has 0 spiro atoms. The number of hydrogen-bond acceptors (Lipinski definition) is 3. The molecule has 0 aliphatic carbocycles. The lowest BCUT2D eigenvalue weighted by Crippen LogP contribution is -2.33. The van der Waals surface area contributed by atoms with Gasteiger partial charge in [0.05, 0.1) is 4.90 Å². The second-order valence-corrected chi connectivity index (χ2v) is 8.31. The molecule has 0 radical (unpaired) electrons. The SMILES string of the molecule is CC1CCCN1S(=O)(=O)c1ccc2c(Br)cnc(Cl)c2c1. The molecule has 112 valence electrons. The van der Waals surface area contributed by atoms with E-state index in [1.54, 1.807) is 28.7 Å². The van der Waals surface area contributed by atoms with Gasteiger partial charge < -0.3 is 0 Å². The summed E-state index contributed by atoms with van der Waals surface area (Å²) >= 11 is 9.50. The first-order valence-electron chi connectivity index (χ1n) is 6.67. The summed E-state index contributed by atoms with van der Waals surface area (Å²) in [5.74, 6) is 0. The van der Waals surface area contributed by atoms with Gasteiger partial charge in [0.15, 0.2) is 0 Å². The molecule has 1 aromatic carbocycles. The second-order valence-electron chi connectivity index (χ2n) is 5.21. The molecule has 0 amide bonds. The fraction of sp³-hybridized carbons (Fsp3) is 0.357. The predicted molar refractivity (Wildman–Crippen MR) is 87.0 cm³/mol. The van der Waals surface area contributed by atoms with Crippen molar-refractivity contribution in [3.05, 3.63) is 34.0 Å². The lowest BCUT2D eigenvalue weighted by molar-refractivity contribution is 0.408. The van der Waals surface area contributed by atoms with E-state index in [1.165, 1.54) is 0 Å². The lowest BCUT2D eigenvalue weighted by Gasteiger charge is -2.21. The van der Waals surface area contributed by atoms with Crippen molar-refractivity contribution in [2.24, 2.45) is 0 Å². The maximum atomic E-state index is 12.7. The molecule has 7 heteroatoms. The van der Waals surface area contributed by atoms with Crippen LogP contribution in [0.2, 0.25) is 5.15 Å². The Bertz CT molecular complexity index is 810. The van der Waals surface area contributed by atoms with Gasteiger partial charge in [-0.1, -0.05) is 17.7 Å². The summed E-state index contributed by atoms with van der Waals surface area (Å²) in [5, 5.41) is 1.79. The van der Waals surface area contributed by atoms with Gasteiger partial charge >= 0.3 is 0 Å². The fourth-order valence-electron chi connectivity index (χ4n) is 2.71. The molecule has 1 unspecified atom stereocenters. The largest absolute Gasteiger partial charge is 0.243 e. The highest BCUT2D eigenvalue weighted by molar-refractivity contribution is 9.10. The van der Waals surface area contributed by atoms with Crippen molar-refractivity contribution in [1.29, 1.82) is 0 Å². The third-order valence-corrected chi connectivity index (χ3v) is 6.80. The Hall–Kier alpha value is -0.690. The van der Waals surface area contributed by atoms with Crippen LogP contribution < -0.4 is 0 Å². The summed E-state index contributed by atoms with van der Waals surface area (Å²) < 4.78 is 27.8. The third kappa shape index (κ3) is 2.59. The average Bonchev–Trinajstić information content (AvgIpc) is 2.89. The first-order valence-corrected chi connectivity index (χ1v) is 9.28. The van der Waals surface area contributed by atoms with E-state index in [1.807, 2.05) is 6.92 Å². The van der Waals surface area contributed by atoms with Crippen LogP contribution in [-0.4, -0.2) is 30.3 Å². The van der Waals surface area contributed by atoms with E-state index in [4.69, 9.17) is 11.6 Å². The highest BCUT2D eigenvalue weighted by Gasteiger charge is 2.32. The van der Waals surface area contributed by atoms with Crippen LogP contribution in [-0.2, 0) is 10.0 Å². The zero-order chi connectivity index (χ0) is 15.2. The number of halogens is 2. The van der Waals surface area contributed by atoms with Crippen LogP contribution in [0.5, 0.6) is 0 Å². The van der Waals surface area contributed by atoms with Gasteiger partial charge in [-0.25, -0.2) is 13.4 Å². The van der Waals surface area contributed by atoms with E-state index < -0.39 is 10.0 Å². The predicted octanol–water partition coefficient (Wildman–Crippen LogP) is 3.82. The van der Waals surface area contributed by atoms with Gasteiger partial charge in [-0.15, -0.1) is 0 Å². The number of fused-ring (bicyclic) bond motifs is 1. The Labute approximate surface area is 137 Å². The van der Waals surface area contributed by atoms with Crippen molar-refractivity contribution in [2.45, 2.75) is 30.7 Å². The van der Waals surface area contributed by atoms with Gasteiger partial charge in [0.1, 0.15) is 5.15 Å². The topological polar surface area (TPSA) is 50.3 Å². The molecule has 1 saturated heterocycles. The zero-order valence-corrected chi connectivity index (χ0v) is 14.5. The van der Waals surface area contributed by atoms with E-state index in [2.05, 4.69) is 20.9 Å². The Kier molecular flexibility index (Phi) is 3.98. The number of pyridine rings is 1. The van der Waals surface area contributed by atoms with E-state index in [9.17, 15) is 8.42 Å². The fourth-order valence-corrected chi connectivity index (χ4v) is 5.09. The zero-order valence-electron chi connectivity index (χ0n) is 11.4. The Morgan fingerprint density at radius 3 is 2.81 bits per heavy atom. The first kappa shape index (κ1) is 15.2. The number of sulfonamides is 1. The van der Waals surface area contributed by atoms with Gasteiger partial charge in [0, 0.05) is 34.0 Å². The molecular weight excluding hydrogens is 376 g/mol. The minimum Gasteiger partial charge on any atom is -0.243 e. The van der Waals surface area contributed by atoms with E-state index in [-0.39, 0.29) is 10.9 Å². The quantitative estimate of drug-likeness (QED) is 0.734. The van der Waals surface area contributed by atoms with Crippen LogP contribution in [0.1, 0.15) is 19.8 Å². The molecular formula is C14H14BrClN2O2S. The Morgan fingerprint density at radius 1 is 1.38 bits per heavy atom. The second kappa shape index (κ2) is 5.50. The standard InChI is InChI=1S/C14H14BrClN2O2S/c1-9-3-2-6-18(9)21(19,20)10-4-5-11-12(7-10)14(16)17-8-13(11)15/h4-5,7-9H,2-3,6H2,1H3. The van der Waals surface area contributed by atoms with Crippen molar-refractivity contribution in [3.63, 3.8) is 0 Å². The minimum atomic E-state index is -3.48. The van der Waals surface area contributed by atoms with E-state index in [0.29, 0.717) is 17.1 Å². The molecule has 0 saturated carbocycles. The molecule has 1 aliphatic heterocycles. The highest BCUT2D eigenvalue weighted by Crippen LogP contribution is 2.32. The Balaban J connectivity index is 2.15. The third-order valence-electron chi connectivity index (χ3n) is 3.86. The van der Waals surface area contributed by atoms with Gasteiger partial charge in [-0.3, -0.25) is 0 Å². The number of hydrogen-bond donors (Lipinski definition) is 0. The summed E-state index contributed by atoms with van der Waals surface area (Å²) in [4.78, 5) is 4.32. The molecule has 0 bridgehead atoms. The number of nitrogens with zero attached hydrogens (tertiary/aromatic N) is 2. The summed E-state index contributed by atoms with van der Waals surface area (Å²) in [7, 11) is -3.48. The monoisotopic (exact) mass is 388 g/mol. The van der Waals surface area contributed by atoms with Crippen LogP contribution in [0, 0.1) is 0 Å². The molecule has 2 heterocycles. The maximum absolute atomic E-state index is 12.7. The van der Waals surface area contributed by atoms with Crippen molar-refractivity contribution in [3.8, 4) is 0 Å². The molecule has 1 aliphatic rings. The molecule has 1 aromatic heterocycles. The van der Waals surface area contributed by atoms with Crippen molar-refractivity contribution >= 4 is 48.3 Å². The lowest BCUT2D eigenvalue weighted by atomic mass is 10.2. The normalized spacial score (nSPS) is 20.2. The summed E-state index contributed by atoms with van der Waals surface area (Å²) in [5.41, 5.74) is 0. The molecule has 3 rings (SSSR count). The Morgan fingerprint density at radius 2 is 2.14 bits per heavy atom. The van der Waals surface area contributed by atoms with Crippen LogP contribution >= 0.6 is 27.5 Å². The van der Waals surface area contributed by atoms with E-state index >= 15 is 0 Å². The molecule has 21 heavy (non-hydrogen) atoms. The number of rotatable bonds is 2. The first-order chi connectivity index (χ1) is 9.91. The maximum Gasteiger partial charge on any atom is 0.243 e. The molecule has 1 fully saturated rings. The molecule has 1 atom stereocenters. The summed E-state index contributed by atoms with van der Waals surface area (Å²) in [6.45, 7) is 2.52. The van der Waals surface area contributed by atoms with Crippen molar-refractivity contribution < 1.29 is 8.42 Å². The molecule has 0 N–H and O–H groups in total. The van der Waals surface area contributed by atoms with Crippen molar-refractivity contribution in [1.82, 2.24) is 9.29 Å². The van der Waals surface area contributed by atoms with Crippen LogP contribution in [0.15, 0.2) is 33.8 Å². The van der Waals surface area contributed by atoms with Gasteiger partial charge in [0.2, 0.25) is 10.0 Å². The van der Waals surface area contributed by atoms with Crippen LogP contribution in [0.3, 0.4) is 0 Å². The van der Waals surface area contributed by atoms with Gasteiger partial charge in [-0.2, -0.15) is 4.31 Å². The van der Waals surface area contributed by atoms with Crippen LogP contribution in [0.25, 0.3) is 10.8 Å². The number of benzene rings is 1. The van der Waals surface area contributed by atoms with E-state index in [0.717, 1.165) is 22.7 Å². The average molecular weight is 390 g/mol. The number of aromatic nitrogens is 1. The van der Waals surface area contributed by atoms with Gasteiger partial charge in [0.25, 0.3) is 0 Å². The molecule has 2 aromatic rings. The minimum absolute atomic E-state index is 0.0433. The summed E-state index contributed by atoms with van der Waals surface area (Å²) in [6.07, 6.45) is 3.42. The molecule has 4 nitrogen and oxygen atoms in total. The van der Waals surface area contributed by atoms with Crippen molar-refractivity contribution in [2.75, 3.05) is 6.54 Å². The van der Waals surface area contributed by atoms with Crippen LogP contribution in [0.4, 0.5) is 0 Å². The highest BCUT2D eigenvalue weighted by atomic mass is 79.9. The summed E-state index contributed by atoms with van der Waals surface area (Å²) in [6, 6.07) is 5.04. The smallest absolute Gasteiger partial charge is 0.243 e.